The summed E-state index contributed by atoms with van der Waals surface area (Å²) in [6, 6.07) is 20.8. The molecule has 0 atom stereocenters. The number of fused-ring (bicyclic) bond motifs is 1. The normalized spacial score (nSPS) is 12.4. The fourth-order valence-electron chi connectivity index (χ4n) is 3.51. The second-order valence-corrected chi connectivity index (χ2v) is 9.13. The van der Waals surface area contributed by atoms with E-state index in [1.165, 1.54) is 16.4 Å². The van der Waals surface area contributed by atoms with Crippen molar-refractivity contribution in [2.45, 2.75) is 24.8 Å². The lowest BCUT2D eigenvalue weighted by Gasteiger charge is -2.26. The van der Waals surface area contributed by atoms with Crippen molar-refractivity contribution in [2.75, 3.05) is 17.6 Å². The maximum atomic E-state index is 13.5. The molecule has 0 saturated carbocycles. The van der Waals surface area contributed by atoms with Crippen LogP contribution < -0.4 is 19.1 Å². The molecule has 8 heteroatoms. The first-order chi connectivity index (χ1) is 15.5. The van der Waals surface area contributed by atoms with Gasteiger partial charge in [-0.25, -0.2) is 8.42 Å². The second kappa shape index (κ2) is 9.32. The van der Waals surface area contributed by atoms with E-state index >= 15 is 0 Å². The van der Waals surface area contributed by atoms with Crippen molar-refractivity contribution in [3.8, 4) is 11.5 Å². The van der Waals surface area contributed by atoms with E-state index in [2.05, 4.69) is 5.32 Å². The van der Waals surface area contributed by atoms with Gasteiger partial charge in [-0.15, -0.1) is 0 Å². The van der Waals surface area contributed by atoms with Crippen LogP contribution in [0.3, 0.4) is 0 Å². The van der Waals surface area contributed by atoms with E-state index in [0.29, 0.717) is 23.6 Å². The van der Waals surface area contributed by atoms with Gasteiger partial charge in [0, 0.05) is 6.54 Å². The minimum atomic E-state index is -3.94. The average molecular weight is 453 g/mol. The molecular weight excluding hydrogens is 428 g/mol. The molecule has 3 aromatic rings. The van der Waals surface area contributed by atoms with Gasteiger partial charge in [0.1, 0.15) is 6.54 Å². The Bertz CT molecular complexity index is 1210. The summed E-state index contributed by atoms with van der Waals surface area (Å²) >= 11 is 0. The maximum Gasteiger partial charge on any atom is 0.264 e. The van der Waals surface area contributed by atoms with Crippen molar-refractivity contribution in [3.63, 3.8) is 0 Å². The fraction of sp³-hybridized carbons (Fsp3) is 0.208. The number of para-hydroxylation sites is 1. The summed E-state index contributed by atoms with van der Waals surface area (Å²) in [5.74, 6) is 0.881. The van der Waals surface area contributed by atoms with Gasteiger partial charge in [-0.05, 0) is 47.9 Å². The number of hydrogen-bond donors (Lipinski definition) is 1. The minimum absolute atomic E-state index is 0.134. The molecule has 0 bridgehead atoms. The third-order valence-electron chi connectivity index (χ3n) is 5.19. The van der Waals surface area contributed by atoms with Gasteiger partial charge in [0.05, 0.1) is 10.6 Å². The molecule has 0 aliphatic carbocycles. The van der Waals surface area contributed by atoms with E-state index in [1.54, 1.807) is 42.5 Å². The van der Waals surface area contributed by atoms with Crippen LogP contribution in [0.15, 0.2) is 77.7 Å². The third kappa shape index (κ3) is 4.55. The molecule has 1 aliphatic rings. The summed E-state index contributed by atoms with van der Waals surface area (Å²) < 4.78 is 38.7. The molecule has 1 heterocycles. The molecule has 0 spiro atoms. The van der Waals surface area contributed by atoms with Crippen LogP contribution in [-0.4, -0.2) is 27.7 Å². The van der Waals surface area contributed by atoms with E-state index in [0.717, 1.165) is 11.1 Å². The van der Waals surface area contributed by atoms with Crippen molar-refractivity contribution in [3.05, 3.63) is 83.9 Å². The molecule has 7 nitrogen and oxygen atoms in total. The SMILES string of the molecule is CCc1ccccc1N(CC(=O)NCc1ccc2c(c1)OCO2)S(=O)(=O)c1ccccc1. The number of nitrogens with one attached hydrogen (secondary N) is 1. The molecule has 0 unspecified atom stereocenters. The Morgan fingerprint density at radius 1 is 0.969 bits per heavy atom. The van der Waals surface area contributed by atoms with Crippen molar-refractivity contribution in [2.24, 2.45) is 0 Å². The molecule has 1 aliphatic heterocycles. The van der Waals surface area contributed by atoms with E-state index in [1.807, 2.05) is 25.1 Å². The van der Waals surface area contributed by atoms with Crippen LogP contribution in [0.25, 0.3) is 0 Å². The molecule has 166 valence electrons. The Hall–Kier alpha value is -3.52. The van der Waals surface area contributed by atoms with Gasteiger partial charge in [-0.2, -0.15) is 0 Å². The van der Waals surface area contributed by atoms with Gasteiger partial charge in [-0.3, -0.25) is 9.10 Å². The summed E-state index contributed by atoms with van der Waals surface area (Å²) in [6.07, 6.45) is 0.635. The highest BCUT2D eigenvalue weighted by molar-refractivity contribution is 7.92. The molecular formula is C24H24N2O5S. The Kier molecular flexibility index (Phi) is 6.32. The zero-order valence-corrected chi connectivity index (χ0v) is 18.5. The van der Waals surface area contributed by atoms with Crippen molar-refractivity contribution < 1.29 is 22.7 Å². The number of rotatable bonds is 8. The van der Waals surface area contributed by atoms with Crippen molar-refractivity contribution in [1.82, 2.24) is 5.32 Å². The topological polar surface area (TPSA) is 84.9 Å². The Morgan fingerprint density at radius 3 is 2.47 bits per heavy atom. The second-order valence-electron chi connectivity index (χ2n) is 7.27. The summed E-state index contributed by atoms with van der Waals surface area (Å²) in [7, 11) is -3.94. The van der Waals surface area contributed by atoms with Crippen molar-refractivity contribution >= 4 is 21.6 Å². The first-order valence-corrected chi connectivity index (χ1v) is 11.7. The van der Waals surface area contributed by atoms with Gasteiger partial charge in [0.2, 0.25) is 12.7 Å². The quantitative estimate of drug-likeness (QED) is 0.566. The van der Waals surface area contributed by atoms with Gasteiger partial charge in [-0.1, -0.05) is 49.4 Å². The highest BCUT2D eigenvalue weighted by Crippen LogP contribution is 2.32. The zero-order chi connectivity index (χ0) is 22.6. The fourth-order valence-corrected chi connectivity index (χ4v) is 4.99. The smallest absolute Gasteiger partial charge is 0.264 e. The molecule has 0 fully saturated rings. The van der Waals surface area contributed by atoms with Gasteiger partial charge < -0.3 is 14.8 Å². The Balaban J connectivity index is 1.57. The first kappa shape index (κ1) is 21.7. The highest BCUT2D eigenvalue weighted by atomic mass is 32.2. The van der Waals surface area contributed by atoms with Gasteiger partial charge in [0.25, 0.3) is 10.0 Å². The zero-order valence-electron chi connectivity index (χ0n) is 17.7. The lowest BCUT2D eigenvalue weighted by molar-refractivity contribution is -0.119. The lowest BCUT2D eigenvalue weighted by Crippen LogP contribution is -2.41. The van der Waals surface area contributed by atoms with Crippen LogP contribution in [0.4, 0.5) is 5.69 Å². The summed E-state index contributed by atoms with van der Waals surface area (Å²) in [4.78, 5) is 13.0. The first-order valence-electron chi connectivity index (χ1n) is 10.3. The Morgan fingerprint density at radius 2 is 1.69 bits per heavy atom. The number of hydrogen-bond acceptors (Lipinski definition) is 5. The largest absolute Gasteiger partial charge is 0.454 e. The third-order valence-corrected chi connectivity index (χ3v) is 6.96. The Labute approximate surface area is 187 Å². The maximum absolute atomic E-state index is 13.5. The molecule has 0 aromatic heterocycles. The number of carbonyl (C=O) groups excluding carboxylic acids is 1. The van der Waals surface area contributed by atoms with Crippen LogP contribution in [0, 0.1) is 0 Å². The van der Waals surface area contributed by atoms with Crippen molar-refractivity contribution in [1.29, 1.82) is 0 Å². The molecule has 32 heavy (non-hydrogen) atoms. The summed E-state index contributed by atoms with van der Waals surface area (Å²) in [6.45, 7) is 2.03. The van der Waals surface area contributed by atoms with Crippen LogP contribution >= 0.6 is 0 Å². The molecule has 4 rings (SSSR count). The number of amides is 1. The average Bonchev–Trinajstić information content (AvgIpc) is 3.29. The number of carbonyl (C=O) groups is 1. The number of sulfonamides is 1. The van der Waals surface area contributed by atoms with Crippen LogP contribution in [0.2, 0.25) is 0 Å². The number of benzene rings is 3. The predicted molar refractivity (Wildman–Crippen MR) is 121 cm³/mol. The van der Waals surface area contributed by atoms with E-state index < -0.39 is 15.9 Å². The van der Waals surface area contributed by atoms with Crippen LogP contribution in [0.5, 0.6) is 11.5 Å². The molecule has 0 saturated heterocycles. The van der Waals surface area contributed by atoms with Crippen LogP contribution in [-0.2, 0) is 27.8 Å². The van der Waals surface area contributed by atoms with E-state index in [4.69, 9.17) is 9.47 Å². The number of anilines is 1. The summed E-state index contributed by atoms with van der Waals surface area (Å²) in [5.41, 5.74) is 2.17. The number of ether oxygens (including phenoxy) is 2. The van der Waals surface area contributed by atoms with Gasteiger partial charge >= 0.3 is 0 Å². The monoisotopic (exact) mass is 452 g/mol. The number of nitrogens with zero attached hydrogens (tertiary/aromatic N) is 1. The number of aryl methyl sites for hydroxylation is 1. The van der Waals surface area contributed by atoms with Crippen LogP contribution in [0.1, 0.15) is 18.1 Å². The lowest BCUT2D eigenvalue weighted by atomic mass is 10.1. The highest BCUT2D eigenvalue weighted by Gasteiger charge is 2.28. The molecule has 0 radical (unpaired) electrons. The molecule has 1 N–H and O–H groups in total. The van der Waals surface area contributed by atoms with Gasteiger partial charge in [0.15, 0.2) is 11.5 Å². The van der Waals surface area contributed by atoms with E-state index in [-0.39, 0.29) is 24.8 Å². The summed E-state index contributed by atoms with van der Waals surface area (Å²) in [5, 5.41) is 2.81. The molecule has 1 amide bonds. The molecule has 3 aromatic carbocycles. The predicted octanol–water partition coefficient (Wildman–Crippen LogP) is 3.49. The van der Waals surface area contributed by atoms with E-state index in [9.17, 15) is 13.2 Å². The standard InChI is InChI=1S/C24H24N2O5S/c1-2-19-8-6-7-11-21(19)26(32(28,29)20-9-4-3-5-10-20)16-24(27)25-15-18-12-13-22-23(14-18)31-17-30-22/h3-14H,2,15-17H2,1H3,(H,25,27). The minimum Gasteiger partial charge on any atom is -0.454 e.